The van der Waals surface area contributed by atoms with Crippen molar-refractivity contribution in [2.24, 2.45) is 5.14 Å². The predicted octanol–water partition coefficient (Wildman–Crippen LogP) is 1.33. The fourth-order valence-corrected chi connectivity index (χ4v) is 2.80. The molecule has 0 aliphatic heterocycles. The molecule has 18 heavy (non-hydrogen) atoms. The molecule has 0 heterocycles. The molecule has 0 aliphatic carbocycles. The molecule has 1 aromatic carbocycles. The van der Waals surface area contributed by atoms with E-state index in [-0.39, 0.29) is 10.0 Å². The summed E-state index contributed by atoms with van der Waals surface area (Å²) in [5.41, 5.74) is -0.0657. The number of benzene rings is 1. The van der Waals surface area contributed by atoms with Crippen LogP contribution in [0.4, 0.5) is 4.39 Å². The van der Waals surface area contributed by atoms with Crippen molar-refractivity contribution in [3.05, 3.63) is 28.0 Å². The van der Waals surface area contributed by atoms with Gasteiger partial charge >= 0.3 is 0 Å². The molecule has 0 spiro atoms. The van der Waals surface area contributed by atoms with Gasteiger partial charge in [-0.2, -0.15) is 0 Å². The van der Waals surface area contributed by atoms with E-state index in [4.69, 9.17) is 5.14 Å². The van der Waals surface area contributed by atoms with Gasteiger partial charge in [0.2, 0.25) is 10.0 Å². The van der Waals surface area contributed by atoms with Gasteiger partial charge in [0.15, 0.2) is 0 Å². The Morgan fingerprint density at radius 3 is 2.50 bits per heavy atom. The van der Waals surface area contributed by atoms with E-state index in [2.05, 4.69) is 15.9 Å². The Labute approximate surface area is 113 Å². The summed E-state index contributed by atoms with van der Waals surface area (Å²) in [7, 11) is -2.58. The molecule has 2 N–H and O–H groups in total. The lowest BCUT2D eigenvalue weighted by Gasteiger charge is -2.15. The van der Waals surface area contributed by atoms with Gasteiger partial charge in [-0.15, -0.1) is 0 Å². The third-order valence-corrected chi connectivity index (χ3v) is 4.37. The smallest absolute Gasteiger partial charge is 0.253 e. The van der Waals surface area contributed by atoms with E-state index in [1.165, 1.54) is 11.9 Å². The highest BCUT2D eigenvalue weighted by Gasteiger charge is 2.21. The number of carbonyl (C=O) groups is 1. The van der Waals surface area contributed by atoms with Gasteiger partial charge in [0.25, 0.3) is 5.91 Å². The molecule has 5 nitrogen and oxygen atoms in total. The number of halogens is 2. The second kappa shape index (κ2) is 5.33. The van der Waals surface area contributed by atoms with E-state index in [1.54, 1.807) is 6.92 Å². The summed E-state index contributed by atoms with van der Waals surface area (Å²) in [6.45, 7) is 2.16. The Hall–Kier alpha value is -0.990. The van der Waals surface area contributed by atoms with Gasteiger partial charge in [0, 0.05) is 19.2 Å². The molecule has 0 aliphatic rings. The number of carbonyl (C=O) groups excluding carboxylic acids is 1. The number of hydrogen-bond acceptors (Lipinski definition) is 3. The third-order valence-electron chi connectivity index (χ3n) is 2.37. The molecule has 0 bridgehead atoms. The standard InChI is InChI=1S/C10H12BrFN2O3S/c1-3-14(2)10(15)6-4-7(12)9(11)8(5-6)18(13,16)17/h4-5H,3H2,1-2H3,(H2,13,16,17). The Morgan fingerprint density at radius 1 is 1.50 bits per heavy atom. The van der Waals surface area contributed by atoms with Gasteiger partial charge in [-0.3, -0.25) is 4.79 Å². The van der Waals surface area contributed by atoms with Crippen molar-refractivity contribution in [2.75, 3.05) is 13.6 Å². The number of primary sulfonamides is 1. The molecular weight excluding hydrogens is 327 g/mol. The molecule has 0 saturated heterocycles. The highest BCUT2D eigenvalue weighted by Crippen LogP contribution is 2.26. The zero-order valence-corrected chi connectivity index (χ0v) is 12.2. The molecule has 1 amide bonds. The Bertz CT molecular complexity index is 589. The second-order valence-corrected chi connectivity index (χ2v) is 5.96. The minimum Gasteiger partial charge on any atom is -0.342 e. The van der Waals surface area contributed by atoms with Crippen molar-refractivity contribution in [1.29, 1.82) is 0 Å². The zero-order valence-electron chi connectivity index (χ0n) is 9.78. The molecular formula is C10H12BrFN2O3S. The van der Waals surface area contributed by atoms with Gasteiger partial charge in [-0.05, 0) is 35.0 Å². The summed E-state index contributed by atoms with van der Waals surface area (Å²) in [6.07, 6.45) is 0. The maximum atomic E-state index is 13.6. The lowest BCUT2D eigenvalue weighted by atomic mass is 10.2. The molecule has 0 saturated carbocycles. The molecule has 1 aromatic rings. The van der Waals surface area contributed by atoms with E-state index in [0.29, 0.717) is 6.54 Å². The average molecular weight is 339 g/mol. The minimum absolute atomic E-state index is 0.0657. The summed E-state index contributed by atoms with van der Waals surface area (Å²) in [6, 6.07) is 2.02. The molecule has 1 rings (SSSR count). The first-order chi connectivity index (χ1) is 8.18. The van der Waals surface area contributed by atoms with E-state index >= 15 is 0 Å². The topological polar surface area (TPSA) is 80.5 Å². The maximum Gasteiger partial charge on any atom is 0.253 e. The highest BCUT2D eigenvalue weighted by molar-refractivity contribution is 9.10. The first kappa shape index (κ1) is 15.1. The SMILES string of the molecule is CCN(C)C(=O)c1cc(F)c(Br)c(S(N)(=O)=O)c1. The maximum absolute atomic E-state index is 13.6. The van der Waals surface area contributed by atoms with Crippen LogP contribution in [0.25, 0.3) is 0 Å². The Balaban J connectivity index is 3.43. The molecule has 0 atom stereocenters. The number of amides is 1. The predicted molar refractivity (Wildman–Crippen MR) is 68.1 cm³/mol. The quantitative estimate of drug-likeness (QED) is 0.902. The number of nitrogens with two attached hydrogens (primary N) is 1. The molecule has 0 fully saturated rings. The monoisotopic (exact) mass is 338 g/mol. The minimum atomic E-state index is -4.10. The van der Waals surface area contributed by atoms with Gasteiger partial charge in [-0.1, -0.05) is 0 Å². The first-order valence-corrected chi connectivity index (χ1v) is 7.29. The van der Waals surface area contributed by atoms with Crippen LogP contribution < -0.4 is 5.14 Å². The van der Waals surface area contributed by atoms with Crippen LogP contribution in [0.3, 0.4) is 0 Å². The lowest BCUT2D eigenvalue weighted by Crippen LogP contribution is -2.27. The van der Waals surface area contributed by atoms with E-state index in [1.807, 2.05) is 0 Å². The number of sulfonamides is 1. The van der Waals surface area contributed by atoms with Crippen molar-refractivity contribution in [3.63, 3.8) is 0 Å². The van der Waals surface area contributed by atoms with Crippen LogP contribution in [0.1, 0.15) is 17.3 Å². The molecule has 0 aromatic heterocycles. The third kappa shape index (κ3) is 3.06. The van der Waals surface area contributed by atoms with Crippen molar-refractivity contribution >= 4 is 31.9 Å². The summed E-state index contributed by atoms with van der Waals surface area (Å²) in [4.78, 5) is 12.7. The van der Waals surface area contributed by atoms with Crippen molar-refractivity contribution in [3.8, 4) is 0 Å². The van der Waals surface area contributed by atoms with Gasteiger partial charge in [-0.25, -0.2) is 17.9 Å². The zero-order chi connectivity index (χ0) is 14.1. The normalized spacial score (nSPS) is 11.4. The van der Waals surface area contributed by atoms with E-state index in [0.717, 1.165) is 12.1 Å². The van der Waals surface area contributed by atoms with Crippen LogP contribution in [0.15, 0.2) is 21.5 Å². The van der Waals surface area contributed by atoms with E-state index < -0.39 is 26.6 Å². The van der Waals surface area contributed by atoms with Crippen LogP contribution >= 0.6 is 15.9 Å². The molecule has 0 unspecified atom stereocenters. The number of rotatable bonds is 3. The van der Waals surface area contributed by atoms with Crippen LogP contribution in [0.2, 0.25) is 0 Å². The number of nitrogens with zero attached hydrogens (tertiary/aromatic N) is 1. The largest absolute Gasteiger partial charge is 0.342 e. The molecule has 8 heteroatoms. The fourth-order valence-electron chi connectivity index (χ4n) is 1.26. The fraction of sp³-hybridized carbons (Fsp3) is 0.300. The molecule has 100 valence electrons. The lowest BCUT2D eigenvalue weighted by molar-refractivity contribution is 0.0801. The molecule has 0 radical (unpaired) electrons. The van der Waals surface area contributed by atoms with Crippen molar-refractivity contribution < 1.29 is 17.6 Å². The average Bonchev–Trinajstić information content (AvgIpc) is 2.28. The van der Waals surface area contributed by atoms with Gasteiger partial charge in [0.1, 0.15) is 5.82 Å². The highest BCUT2D eigenvalue weighted by atomic mass is 79.9. The van der Waals surface area contributed by atoms with Crippen molar-refractivity contribution in [2.45, 2.75) is 11.8 Å². The van der Waals surface area contributed by atoms with Crippen molar-refractivity contribution in [1.82, 2.24) is 4.90 Å². The summed E-state index contributed by atoms with van der Waals surface area (Å²) in [5.74, 6) is -1.33. The van der Waals surface area contributed by atoms with Crippen LogP contribution in [0.5, 0.6) is 0 Å². The first-order valence-electron chi connectivity index (χ1n) is 4.95. The Morgan fingerprint density at radius 2 is 2.06 bits per heavy atom. The van der Waals surface area contributed by atoms with Gasteiger partial charge < -0.3 is 4.90 Å². The summed E-state index contributed by atoms with van der Waals surface area (Å²) in [5, 5.41) is 4.95. The number of hydrogen-bond donors (Lipinski definition) is 1. The second-order valence-electron chi connectivity index (χ2n) is 3.63. The summed E-state index contributed by atoms with van der Waals surface area (Å²) < 4.78 is 35.8. The van der Waals surface area contributed by atoms with E-state index in [9.17, 15) is 17.6 Å². The Kier molecular flexibility index (Phi) is 4.46. The van der Waals surface area contributed by atoms with Gasteiger partial charge in [0.05, 0.1) is 9.37 Å². The van der Waals surface area contributed by atoms with Crippen LogP contribution in [0, 0.1) is 5.82 Å². The summed E-state index contributed by atoms with van der Waals surface area (Å²) >= 11 is 2.79. The van der Waals surface area contributed by atoms with Crippen LogP contribution in [-0.2, 0) is 10.0 Å². The van der Waals surface area contributed by atoms with Crippen LogP contribution in [-0.4, -0.2) is 32.8 Å².